The first-order valence-electron chi connectivity index (χ1n) is 6.00. The van der Waals surface area contributed by atoms with Gasteiger partial charge in [0, 0.05) is 12.6 Å². The molecule has 0 spiro atoms. The van der Waals surface area contributed by atoms with Gasteiger partial charge >= 0.3 is 0 Å². The Kier molecular flexibility index (Phi) is 5.51. The largest absolute Gasteiger partial charge is 0.492 e. The van der Waals surface area contributed by atoms with E-state index in [1.165, 1.54) is 0 Å². The van der Waals surface area contributed by atoms with Gasteiger partial charge in [0.05, 0.1) is 11.6 Å². The molecule has 0 saturated heterocycles. The van der Waals surface area contributed by atoms with Gasteiger partial charge in [-0.15, -0.1) is 0 Å². The van der Waals surface area contributed by atoms with E-state index in [4.69, 9.17) is 10.00 Å². The van der Waals surface area contributed by atoms with E-state index in [-0.39, 0.29) is 0 Å². The van der Waals surface area contributed by atoms with E-state index in [9.17, 15) is 0 Å². The molecule has 1 unspecified atom stereocenters. The molecule has 0 aromatic heterocycles. The van der Waals surface area contributed by atoms with Crippen molar-refractivity contribution in [2.24, 2.45) is 0 Å². The summed E-state index contributed by atoms with van der Waals surface area (Å²) >= 11 is 0. The number of ether oxygens (including phenoxy) is 1. The zero-order valence-electron chi connectivity index (χ0n) is 10.8. The fraction of sp³-hybridized carbons (Fsp3) is 0.500. The monoisotopic (exact) mass is 232 g/mol. The van der Waals surface area contributed by atoms with Gasteiger partial charge in [-0.1, -0.05) is 13.0 Å². The van der Waals surface area contributed by atoms with E-state index < -0.39 is 0 Å². The summed E-state index contributed by atoms with van der Waals surface area (Å²) in [4.78, 5) is 2.27. The van der Waals surface area contributed by atoms with Crippen molar-refractivity contribution in [3.8, 4) is 11.8 Å². The van der Waals surface area contributed by atoms with Crippen LogP contribution >= 0.6 is 0 Å². The maximum Gasteiger partial charge on any atom is 0.120 e. The van der Waals surface area contributed by atoms with Crippen molar-refractivity contribution >= 4 is 0 Å². The third-order valence-electron chi connectivity index (χ3n) is 3.02. The number of likely N-dealkylation sites (N-methyl/N-ethyl adjacent to an activating group) is 1. The second-order valence-corrected chi connectivity index (χ2v) is 4.23. The molecule has 1 rings (SSSR count). The van der Waals surface area contributed by atoms with Crippen molar-refractivity contribution in [1.82, 2.24) is 4.90 Å². The first-order chi connectivity index (χ1) is 8.17. The number of hydrogen-bond donors (Lipinski definition) is 0. The van der Waals surface area contributed by atoms with Crippen LogP contribution in [0.25, 0.3) is 0 Å². The Hall–Kier alpha value is -1.53. The van der Waals surface area contributed by atoms with Gasteiger partial charge in [0.2, 0.25) is 0 Å². The summed E-state index contributed by atoms with van der Waals surface area (Å²) in [7, 11) is 2.10. The molecule has 0 saturated carbocycles. The minimum absolute atomic E-state index is 0.573. The first kappa shape index (κ1) is 13.5. The van der Waals surface area contributed by atoms with Crippen LogP contribution in [0.15, 0.2) is 24.3 Å². The molecule has 0 heterocycles. The molecule has 0 N–H and O–H groups in total. The molecule has 0 bridgehead atoms. The molecule has 92 valence electrons. The van der Waals surface area contributed by atoms with Crippen molar-refractivity contribution in [3.05, 3.63) is 29.8 Å². The third-order valence-corrected chi connectivity index (χ3v) is 3.02. The van der Waals surface area contributed by atoms with E-state index >= 15 is 0 Å². The predicted molar refractivity (Wildman–Crippen MR) is 69.0 cm³/mol. The summed E-state index contributed by atoms with van der Waals surface area (Å²) in [6, 6.07) is 9.94. The van der Waals surface area contributed by atoms with Crippen molar-refractivity contribution in [3.63, 3.8) is 0 Å². The molecule has 0 aliphatic rings. The maximum atomic E-state index is 8.77. The van der Waals surface area contributed by atoms with Crippen LogP contribution in [-0.2, 0) is 0 Å². The number of rotatable bonds is 6. The van der Waals surface area contributed by atoms with E-state index in [1.807, 2.05) is 12.1 Å². The van der Waals surface area contributed by atoms with Crippen LogP contribution in [0.5, 0.6) is 5.75 Å². The van der Waals surface area contributed by atoms with Crippen LogP contribution in [0.1, 0.15) is 25.8 Å². The lowest BCUT2D eigenvalue weighted by atomic mass is 10.2. The van der Waals surface area contributed by atoms with Crippen molar-refractivity contribution in [1.29, 1.82) is 5.26 Å². The fourth-order valence-corrected chi connectivity index (χ4v) is 1.49. The van der Waals surface area contributed by atoms with E-state index in [0.717, 1.165) is 18.7 Å². The molecular weight excluding hydrogens is 212 g/mol. The number of benzene rings is 1. The van der Waals surface area contributed by atoms with Gasteiger partial charge < -0.3 is 9.64 Å². The topological polar surface area (TPSA) is 36.3 Å². The van der Waals surface area contributed by atoms with Gasteiger partial charge in [0.15, 0.2) is 0 Å². The van der Waals surface area contributed by atoms with Crippen LogP contribution in [0.4, 0.5) is 0 Å². The van der Waals surface area contributed by atoms with Crippen LogP contribution in [0.3, 0.4) is 0 Å². The normalized spacial score (nSPS) is 12.2. The molecule has 3 heteroatoms. The molecule has 1 atom stereocenters. The van der Waals surface area contributed by atoms with E-state index in [2.05, 4.69) is 31.9 Å². The molecule has 1 aromatic carbocycles. The molecule has 0 aliphatic heterocycles. The zero-order valence-corrected chi connectivity index (χ0v) is 10.8. The molecule has 0 fully saturated rings. The fourth-order valence-electron chi connectivity index (χ4n) is 1.49. The smallest absolute Gasteiger partial charge is 0.120 e. The Morgan fingerprint density at radius 1 is 1.47 bits per heavy atom. The Balaban J connectivity index is 2.38. The first-order valence-corrected chi connectivity index (χ1v) is 6.00. The summed E-state index contributed by atoms with van der Waals surface area (Å²) in [5.41, 5.74) is 0.637. The molecular formula is C14H20N2O. The summed E-state index contributed by atoms with van der Waals surface area (Å²) in [6.07, 6.45) is 1.14. The standard InChI is InChI=1S/C14H20N2O/c1-4-12(2)16(3)8-9-17-14-7-5-6-13(10-14)11-15/h5-7,10,12H,4,8-9H2,1-3H3. The third kappa shape index (κ3) is 4.46. The molecule has 0 aliphatic carbocycles. The summed E-state index contributed by atoms with van der Waals surface area (Å²) < 4.78 is 5.62. The van der Waals surface area contributed by atoms with Crippen LogP contribution in [0.2, 0.25) is 0 Å². The van der Waals surface area contributed by atoms with Crippen molar-refractivity contribution < 1.29 is 4.74 Å². The van der Waals surface area contributed by atoms with Gasteiger partial charge in [-0.3, -0.25) is 0 Å². The van der Waals surface area contributed by atoms with Gasteiger partial charge in [0.25, 0.3) is 0 Å². The molecule has 0 amide bonds. The minimum atomic E-state index is 0.573. The Morgan fingerprint density at radius 2 is 2.24 bits per heavy atom. The van der Waals surface area contributed by atoms with Gasteiger partial charge in [-0.2, -0.15) is 5.26 Å². The SMILES string of the molecule is CCC(C)N(C)CCOc1cccc(C#N)c1. The average Bonchev–Trinajstić information content (AvgIpc) is 2.37. The highest BCUT2D eigenvalue weighted by molar-refractivity contribution is 5.36. The molecule has 17 heavy (non-hydrogen) atoms. The summed E-state index contributed by atoms with van der Waals surface area (Å²) in [5, 5.41) is 8.77. The highest BCUT2D eigenvalue weighted by Crippen LogP contribution is 2.12. The number of hydrogen-bond acceptors (Lipinski definition) is 3. The molecule has 1 aromatic rings. The number of nitrogens with zero attached hydrogens (tertiary/aromatic N) is 2. The van der Waals surface area contributed by atoms with E-state index in [0.29, 0.717) is 18.2 Å². The van der Waals surface area contributed by atoms with Crippen LogP contribution in [-0.4, -0.2) is 31.1 Å². The van der Waals surface area contributed by atoms with Crippen LogP contribution in [0, 0.1) is 11.3 Å². The highest BCUT2D eigenvalue weighted by Gasteiger charge is 2.06. The van der Waals surface area contributed by atoms with E-state index in [1.54, 1.807) is 12.1 Å². The molecule has 3 nitrogen and oxygen atoms in total. The zero-order chi connectivity index (χ0) is 12.7. The average molecular weight is 232 g/mol. The van der Waals surface area contributed by atoms with Crippen LogP contribution < -0.4 is 4.74 Å². The van der Waals surface area contributed by atoms with Gasteiger partial charge in [0.1, 0.15) is 12.4 Å². The Labute approximate surface area is 104 Å². The lowest BCUT2D eigenvalue weighted by molar-refractivity contribution is 0.196. The second kappa shape index (κ2) is 6.93. The second-order valence-electron chi connectivity index (χ2n) is 4.23. The van der Waals surface area contributed by atoms with Crippen molar-refractivity contribution in [2.75, 3.05) is 20.2 Å². The summed E-state index contributed by atoms with van der Waals surface area (Å²) in [6.45, 7) is 5.93. The Bertz CT molecular complexity index is 384. The van der Waals surface area contributed by atoms with Gasteiger partial charge in [-0.05, 0) is 38.6 Å². The maximum absolute atomic E-state index is 8.77. The predicted octanol–water partition coefficient (Wildman–Crippen LogP) is 2.67. The van der Waals surface area contributed by atoms with Gasteiger partial charge in [-0.25, -0.2) is 0 Å². The minimum Gasteiger partial charge on any atom is -0.492 e. The molecule has 0 radical (unpaired) electrons. The summed E-state index contributed by atoms with van der Waals surface area (Å²) in [5.74, 6) is 0.765. The highest BCUT2D eigenvalue weighted by atomic mass is 16.5. The Morgan fingerprint density at radius 3 is 2.88 bits per heavy atom. The lowest BCUT2D eigenvalue weighted by Gasteiger charge is -2.23. The lowest BCUT2D eigenvalue weighted by Crippen LogP contribution is -2.32. The number of nitriles is 1. The quantitative estimate of drug-likeness (QED) is 0.756. The van der Waals surface area contributed by atoms with Crippen molar-refractivity contribution in [2.45, 2.75) is 26.3 Å².